The predicted octanol–water partition coefficient (Wildman–Crippen LogP) is 0.961. The van der Waals surface area contributed by atoms with E-state index in [2.05, 4.69) is 10.4 Å². The number of hydrogen-bond donors (Lipinski definition) is 2. The molecule has 3 heterocycles. The second-order valence-electron chi connectivity index (χ2n) is 5.61. The van der Waals surface area contributed by atoms with Crippen LogP contribution in [0.4, 0.5) is 0 Å². The summed E-state index contributed by atoms with van der Waals surface area (Å²) in [7, 11) is 0. The minimum atomic E-state index is -1.04. The Labute approximate surface area is 141 Å². The molecule has 3 rings (SSSR count). The van der Waals surface area contributed by atoms with Crippen LogP contribution >= 0.6 is 11.3 Å². The number of carbonyl (C=O) groups excluding carboxylic acids is 1. The summed E-state index contributed by atoms with van der Waals surface area (Å²) in [5.41, 5.74) is -0.0830. The van der Waals surface area contributed by atoms with E-state index < -0.39 is 5.97 Å². The van der Waals surface area contributed by atoms with Crippen LogP contribution in [0.25, 0.3) is 0 Å². The number of aromatic nitrogens is 3. The summed E-state index contributed by atoms with van der Waals surface area (Å²) in [5, 5.41) is 15.9. The van der Waals surface area contributed by atoms with Crippen LogP contribution in [0.15, 0.2) is 16.9 Å². The zero-order valence-corrected chi connectivity index (χ0v) is 13.8. The van der Waals surface area contributed by atoms with Crippen molar-refractivity contribution in [1.29, 1.82) is 0 Å². The van der Waals surface area contributed by atoms with Crippen LogP contribution in [0.5, 0.6) is 0 Å². The second kappa shape index (κ2) is 7.00. The van der Waals surface area contributed by atoms with Crippen LogP contribution in [0.2, 0.25) is 0 Å². The number of hydrogen-bond acceptors (Lipinski definition) is 5. The van der Waals surface area contributed by atoms with Crippen LogP contribution in [0, 0.1) is 0 Å². The summed E-state index contributed by atoms with van der Waals surface area (Å²) in [6.07, 6.45) is 3.49. The number of carboxylic acids is 1. The van der Waals surface area contributed by atoms with Crippen molar-refractivity contribution in [2.75, 3.05) is 6.54 Å². The molecule has 1 amide bonds. The maximum absolute atomic E-state index is 12.2. The normalized spacial score (nSPS) is 13.5. The van der Waals surface area contributed by atoms with Crippen LogP contribution in [-0.2, 0) is 19.5 Å². The van der Waals surface area contributed by atoms with Crippen molar-refractivity contribution in [2.24, 2.45) is 0 Å². The van der Waals surface area contributed by atoms with Gasteiger partial charge in [-0.2, -0.15) is 5.10 Å². The first kappa shape index (κ1) is 16.4. The molecule has 0 aromatic carbocycles. The molecule has 1 aliphatic heterocycles. The van der Waals surface area contributed by atoms with Gasteiger partial charge in [0.25, 0.3) is 5.91 Å². The molecule has 0 unspecified atom stereocenters. The lowest BCUT2D eigenvalue weighted by atomic mass is 10.2. The van der Waals surface area contributed by atoms with E-state index >= 15 is 0 Å². The summed E-state index contributed by atoms with van der Waals surface area (Å²) < 4.78 is 3.18. The quantitative estimate of drug-likeness (QED) is 0.755. The first-order valence-corrected chi connectivity index (χ1v) is 8.66. The molecule has 8 nitrogen and oxygen atoms in total. The Bertz CT molecular complexity index is 820. The Balaban J connectivity index is 1.50. The molecule has 9 heteroatoms. The third-order valence-electron chi connectivity index (χ3n) is 3.90. The van der Waals surface area contributed by atoms with E-state index in [0.717, 1.165) is 43.0 Å². The van der Waals surface area contributed by atoms with E-state index in [1.165, 1.54) is 16.8 Å². The number of fused-ring (bicyclic) bond motifs is 1. The van der Waals surface area contributed by atoms with Crippen LogP contribution in [0.1, 0.15) is 44.4 Å². The Morgan fingerprint density at radius 3 is 2.79 bits per heavy atom. The van der Waals surface area contributed by atoms with E-state index in [-0.39, 0.29) is 16.5 Å². The number of carbonyl (C=O) groups is 2. The van der Waals surface area contributed by atoms with Crippen LogP contribution in [0.3, 0.4) is 0 Å². The minimum absolute atomic E-state index is 0.0830. The molecule has 2 N–H and O–H groups in total. The van der Waals surface area contributed by atoms with E-state index in [1.54, 1.807) is 4.57 Å². The van der Waals surface area contributed by atoms with Crippen molar-refractivity contribution in [3.8, 4) is 0 Å². The molecule has 0 bridgehead atoms. The van der Waals surface area contributed by atoms with Crippen molar-refractivity contribution in [2.45, 2.75) is 38.8 Å². The van der Waals surface area contributed by atoms with Crippen molar-refractivity contribution >= 4 is 23.2 Å². The highest BCUT2D eigenvalue weighted by molar-refractivity contribution is 7.15. The number of rotatable bonds is 6. The van der Waals surface area contributed by atoms with Gasteiger partial charge < -0.3 is 10.4 Å². The van der Waals surface area contributed by atoms with E-state index in [1.807, 2.05) is 0 Å². The SMILES string of the molecule is O=C(O)c1ccc(C(=O)NCCCn2nc3n(c2=O)CCCC3)s1. The zero-order chi connectivity index (χ0) is 17.1. The lowest BCUT2D eigenvalue weighted by Gasteiger charge is -2.09. The largest absolute Gasteiger partial charge is 0.477 e. The summed E-state index contributed by atoms with van der Waals surface area (Å²) in [4.78, 5) is 35.4. The number of nitrogens with one attached hydrogen (secondary N) is 1. The fraction of sp³-hybridized carbons (Fsp3) is 0.467. The fourth-order valence-electron chi connectivity index (χ4n) is 2.69. The highest BCUT2D eigenvalue weighted by atomic mass is 32.1. The van der Waals surface area contributed by atoms with Gasteiger partial charge in [0.2, 0.25) is 0 Å². The molecule has 1 aliphatic rings. The number of nitrogens with zero attached hydrogens (tertiary/aromatic N) is 3. The van der Waals surface area contributed by atoms with Crippen LogP contribution in [-0.4, -0.2) is 37.9 Å². The van der Waals surface area contributed by atoms with E-state index in [4.69, 9.17) is 5.11 Å². The van der Waals surface area contributed by atoms with Gasteiger partial charge >= 0.3 is 11.7 Å². The minimum Gasteiger partial charge on any atom is -0.477 e. The summed E-state index contributed by atoms with van der Waals surface area (Å²) in [6, 6.07) is 2.91. The first-order chi connectivity index (χ1) is 11.6. The Morgan fingerprint density at radius 1 is 1.29 bits per heavy atom. The molecule has 0 saturated heterocycles. The van der Waals surface area contributed by atoms with Gasteiger partial charge in [-0.15, -0.1) is 11.3 Å². The third kappa shape index (κ3) is 3.40. The summed E-state index contributed by atoms with van der Waals surface area (Å²) in [5.74, 6) is -0.499. The Hall–Kier alpha value is -2.42. The maximum Gasteiger partial charge on any atom is 0.345 e. The van der Waals surface area contributed by atoms with Gasteiger partial charge in [-0.25, -0.2) is 14.3 Å². The Kier molecular flexibility index (Phi) is 4.79. The van der Waals surface area contributed by atoms with E-state index in [9.17, 15) is 14.4 Å². The average molecular weight is 350 g/mol. The van der Waals surface area contributed by atoms with Crippen molar-refractivity contribution < 1.29 is 14.7 Å². The Morgan fingerprint density at radius 2 is 2.08 bits per heavy atom. The molecular weight excluding hydrogens is 332 g/mol. The lowest BCUT2D eigenvalue weighted by molar-refractivity contribution is 0.0702. The molecule has 0 atom stereocenters. The molecule has 0 saturated carbocycles. The zero-order valence-electron chi connectivity index (χ0n) is 13.0. The van der Waals surface area contributed by atoms with Crippen molar-refractivity contribution in [1.82, 2.24) is 19.7 Å². The van der Waals surface area contributed by atoms with Gasteiger partial charge in [0.1, 0.15) is 10.7 Å². The smallest absolute Gasteiger partial charge is 0.345 e. The fourth-order valence-corrected chi connectivity index (χ4v) is 3.45. The highest BCUT2D eigenvalue weighted by Gasteiger charge is 2.16. The van der Waals surface area contributed by atoms with Gasteiger partial charge in [-0.05, 0) is 31.4 Å². The average Bonchev–Trinajstić information content (AvgIpc) is 3.18. The second-order valence-corrected chi connectivity index (χ2v) is 6.69. The van der Waals surface area contributed by atoms with Gasteiger partial charge in [0.15, 0.2) is 0 Å². The maximum atomic E-state index is 12.2. The number of aryl methyl sites for hydroxylation is 2. The standard InChI is InChI=1S/C15H18N4O4S/c20-13(10-5-6-11(24-10)14(21)22)16-7-3-9-19-15(23)18-8-2-1-4-12(18)17-19/h5-6H,1-4,7-9H2,(H,16,20)(H,21,22). The molecule has 24 heavy (non-hydrogen) atoms. The van der Waals surface area contributed by atoms with Crippen molar-refractivity contribution in [3.63, 3.8) is 0 Å². The number of carboxylic acid groups (broad SMARTS) is 1. The van der Waals surface area contributed by atoms with Gasteiger partial charge in [0, 0.05) is 26.1 Å². The van der Waals surface area contributed by atoms with Gasteiger partial charge in [0.05, 0.1) is 4.88 Å². The van der Waals surface area contributed by atoms with Crippen LogP contribution < -0.4 is 11.0 Å². The van der Waals surface area contributed by atoms with Crippen molar-refractivity contribution in [3.05, 3.63) is 38.2 Å². The van der Waals surface area contributed by atoms with E-state index in [0.29, 0.717) is 24.4 Å². The van der Waals surface area contributed by atoms with Gasteiger partial charge in [-0.3, -0.25) is 9.36 Å². The molecule has 0 spiro atoms. The summed E-state index contributed by atoms with van der Waals surface area (Å²) in [6.45, 7) is 1.58. The molecular formula is C15H18N4O4S. The first-order valence-electron chi connectivity index (χ1n) is 7.84. The molecule has 0 fully saturated rings. The molecule has 0 aliphatic carbocycles. The summed E-state index contributed by atoms with van der Waals surface area (Å²) >= 11 is 0.942. The topological polar surface area (TPSA) is 106 Å². The molecule has 0 radical (unpaired) electrons. The predicted molar refractivity (Wildman–Crippen MR) is 87.7 cm³/mol. The van der Waals surface area contributed by atoms with Gasteiger partial charge in [-0.1, -0.05) is 0 Å². The highest BCUT2D eigenvalue weighted by Crippen LogP contribution is 2.16. The molecule has 2 aromatic rings. The molecule has 128 valence electrons. The lowest BCUT2D eigenvalue weighted by Crippen LogP contribution is -2.29. The number of aromatic carboxylic acids is 1. The number of amides is 1. The third-order valence-corrected chi connectivity index (χ3v) is 4.98. The number of thiophene rings is 1. The molecule has 2 aromatic heterocycles. The monoisotopic (exact) mass is 350 g/mol.